The first kappa shape index (κ1) is 21.2. The highest BCUT2D eigenvalue weighted by molar-refractivity contribution is 5.97. The van der Waals surface area contributed by atoms with Gasteiger partial charge in [0.2, 0.25) is 0 Å². The Kier molecular flexibility index (Phi) is 8.12. The Bertz CT molecular complexity index is 668. The van der Waals surface area contributed by atoms with Crippen LogP contribution in [0.3, 0.4) is 0 Å². The maximum atomic E-state index is 13.1. The smallest absolute Gasteiger partial charge is 0.256 e. The number of amides is 1. The summed E-state index contributed by atoms with van der Waals surface area (Å²) in [4.78, 5) is 13.1. The fourth-order valence-electron chi connectivity index (χ4n) is 3.60. The maximum Gasteiger partial charge on any atom is 0.256 e. The highest BCUT2D eigenvalue weighted by Crippen LogP contribution is 2.36. The molecule has 1 aliphatic rings. The molecule has 1 aromatic carbocycles. The van der Waals surface area contributed by atoms with Gasteiger partial charge in [-0.15, -0.1) is 0 Å². The number of carbonyl (C=O) groups is 1. The molecule has 0 saturated heterocycles. The van der Waals surface area contributed by atoms with Gasteiger partial charge >= 0.3 is 0 Å². The number of anilines is 1. The summed E-state index contributed by atoms with van der Waals surface area (Å²) >= 11 is 0. The Hall–Kier alpha value is -2.06. The second-order valence-corrected chi connectivity index (χ2v) is 7.52. The molecule has 2 rings (SSSR count). The van der Waals surface area contributed by atoms with E-state index in [1.54, 1.807) is 18.2 Å². The number of benzene rings is 1. The van der Waals surface area contributed by atoms with Crippen LogP contribution in [-0.2, 0) is 9.53 Å². The monoisotopic (exact) mass is 372 g/mol. The summed E-state index contributed by atoms with van der Waals surface area (Å²) in [6, 6.07) is 7.39. The van der Waals surface area contributed by atoms with Crippen LogP contribution in [0.2, 0.25) is 0 Å². The molecule has 0 unspecified atom stereocenters. The van der Waals surface area contributed by atoms with Crippen molar-refractivity contribution in [1.82, 2.24) is 0 Å². The van der Waals surface area contributed by atoms with E-state index in [0.29, 0.717) is 36.1 Å². The molecule has 27 heavy (non-hydrogen) atoms. The van der Waals surface area contributed by atoms with Gasteiger partial charge in [-0.1, -0.05) is 33.6 Å². The molecule has 0 radical (unpaired) electrons. The van der Waals surface area contributed by atoms with E-state index in [2.05, 4.69) is 25.2 Å². The number of unbranched alkanes of at least 4 members (excludes halogenated alkanes) is 1. The van der Waals surface area contributed by atoms with Crippen LogP contribution in [0.4, 0.5) is 5.69 Å². The van der Waals surface area contributed by atoms with Crippen molar-refractivity contribution < 1.29 is 14.3 Å². The van der Waals surface area contributed by atoms with Crippen molar-refractivity contribution in [1.29, 1.82) is 5.26 Å². The van der Waals surface area contributed by atoms with Crippen LogP contribution < -0.4 is 10.1 Å². The van der Waals surface area contributed by atoms with E-state index in [0.717, 1.165) is 44.9 Å². The number of hydrogen-bond donors (Lipinski definition) is 1. The molecular weight excluding hydrogens is 340 g/mol. The van der Waals surface area contributed by atoms with E-state index in [1.807, 2.05) is 6.92 Å². The molecule has 0 aromatic heterocycles. The van der Waals surface area contributed by atoms with Crippen molar-refractivity contribution in [3.8, 4) is 11.8 Å². The second kappa shape index (κ2) is 10.3. The standard InChI is InChI=1S/C22H32N2O3/c1-4-6-13-26-20-10-9-19(14-18(20)16-23)24-21(25)22(27-12-5-2)11-7-8-17(3)15-22/h9-10,14,17H,4-8,11-13,15H2,1-3H3,(H,24,25)/t17-,22+/m0/s1. The number of nitrogens with zero attached hydrogens (tertiary/aromatic N) is 1. The van der Waals surface area contributed by atoms with Gasteiger partial charge in [0.15, 0.2) is 0 Å². The van der Waals surface area contributed by atoms with Gasteiger partial charge in [0, 0.05) is 12.3 Å². The van der Waals surface area contributed by atoms with Gasteiger partial charge in [-0.25, -0.2) is 0 Å². The van der Waals surface area contributed by atoms with Crippen LogP contribution in [0, 0.1) is 17.2 Å². The molecule has 1 amide bonds. The summed E-state index contributed by atoms with van der Waals surface area (Å²) in [6.07, 6.45) is 6.46. The van der Waals surface area contributed by atoms with E-state index in [-0.39, 0.29) is 5.91 Å². The molecule has 1 saturated carbocycles. The SMILES string of the molecule is CCCCOc1ccc(NC(=O)[C@@]2(OCCC)CCC[C@H](C)C2)cc1C#N. The highest BCUT2D eigenvalue weighted by Gasteiger charge is 2.42. The first-order valence-electron chi connectivity index (χ1n) is 10.2. The maximum absolute atomic E-state index is 13.1. The number of nitrogens with one attached hydrogen (secondary N) is 1. The van der Waals surface area contributed by atoms with Gasteiger partial charge < -0.3 is 14.8 Å². The predicted octanol–water partition coefficient (Wildman–Crippen LogP) is 5.05. The fourth-order valence-corrected chi connectivity index (χ4v) is 3.60. The molecule has 1 aromatic rings. The van der Waals surface area contributed by atoms with E-state index in [1.165, 1.54) is 0 Å². The van der Waals surface area contributed by atoms with Crippen LogP contribution in [0.25, 0.3) is 0 Å². The summed E-state index contributed by atoms with van der Waals surface area (Å²) in [6.45, 7) is 7.48. The lowest BCUT2D eigenvalue weighted by atomic mass is 9.78. The Morgan fingerprint density at radius 2 is 2.15 bits per heavy atom. The number of rotatable bonds is 9. The Balaban J connectivity index is 2.13. The molecule has 1 fully saturated rings. The summed E-state index contributed by atoms with van der Waals surface area (Å²) in [7, 11) is 0. The number of hydrogen-bond acceptors (Lipinski definition) is 4. The zero-order valence-corrected chi connectivity index (χ0v) is 16.8. The van der Waals surface area contributed by atoms with Crippen molar-refractivity contribution in [3.63, 3.8) is 0 Å². The summed E-state index contributed by atoms with van der Waals surface area (Å²) < 4.78 is 11.7. The minimum absolute atomic E-state index is 0.106. The second-order valence-electron chi connectivity index (χ2n) is 7.52. The average molecular weight is 373 g/mol. The molecule has 1 N–H and O–H groups in total. The Morgan fingerprint density at radius 3 is 2.81 bits per heavy atom. The molecule has 2 atom stereocenters. The molecule has 0 bridgehead atoms. The zero-order chi connectivity index (χ0) is 19.7. The van der Waals surface area contributed by atoms with Crippen LogP contribution in [0.1, 0.15) is 71.3 Å². The minimum Gasteiger partial charge on any atom is -0.492 e. The largest absolute Gasteiger partial charge is 0.492 e. The zero-order valence-electron chi connectivity index (χ0n) is 16.8. The number of carbonyl (C=O) groups excluding carboxylic acids is 1. The van der Waals surface area contributed by atoms with Crippen LogP contribution in [-0.4, -0.2) is 24.7 Å². The van der Waals surface area contributed by atoms with Crippen molar-refractivity contribution in [2.45, 2.75) is 71.3 Å². The molecule has 1 aliphatic carbocycles. The van der Waals surface area contributed by atoms with E-state index in [9.17, 15) is 10.1 Å². The molecule has 0 aliphatic heterocycles. The van der Waals surface area contributed by atoms with Crippen molar-refractivity contribution in [2.24, 2.45) is 5.92 Å². The summed E-state index contributed by atoms with van der Waals surface area (Å²) in [5.74, 6) is 0.920. The van der Waals surface area contributed by atoms with Gasteiger partial charge in [0.1, 0.15) is 17.4 Å². The van der Waals surface area contributed by atoms with Gasteiger partial charge in [0.05, 0.1) is 12.2 Å². The van der Waals surface area contributed by atoms with E-state index < -0.39 is 5.60 Å². The first-order chi connectivity index (χ1) is 13.0. The lowest BCUT2D eigenvalue weighted by Crippen LogP contribution is -2.48. The fraction of sp³-hybridized carbons (Fsp3) is 0.636. The third-order valence-electron chi connectivity index (χ3n) is 5.07. The van der Waals surface area contributed by atoms with Gasteiger partial charge in [-0.2, -0.15) is 5.26 Å². The van der Waals surface area contributed by atoms with E-state index in [4.69, 9.17) is 9.47 Å². The minimum atomic E-state index is -0.767. The van der Waals surface area contributed by atoms with Crippen molar-refractivity contribution in [2.75, 3.05) is 18.5 Å². The van der Waals surface area contributed by atoms with Crippen LogP contribution in [0.15, 0.2) is 18.2 Å². The highest BCUT2D eigenvalue weighted by atomic mass is 16.5. The molecule has 5 nitrogen and oxygen atoms in total. The predicted molar refractivity (Wildman–Crippen MR) is 107 cm³/mol. The molecule has 0 heterocycles. The molecule has 0 spiro atoms. The lowest BCUT2D eigenvalue weighted by Gasteiger charge is -2.38. The number of ether oxygens (including phenoxy) is 2. The quantitative estimate of drug-likeness (QED) is 0.616. The average Bonchev–Trinajstić information content (AvgIpc) is 2.67. The normalized spacial score (nSPS) is 22.1. The first-order valence-corrected chi connectivity index (χ1v) is 10.2. The molecule has 148 valence electrons. The third kappa shape index (κ3) is 5.71. The Labute approximate surface area is 163 Å². The molecule has 5 heteroatoms. The van der Waals surface area contributed by atoms with Gasteiger partial charge in [-0.3, -0.25) is 4.79 Å². The Morgan fingerprint density at radius 1 is 1.33 bits per heavy atom. The number of nitriles is 1. The third-order valence-corrected chi connectivity index (χ3v) is 5.07. The van der Waals surface area contributed by atoms with E-state index >= 15 is 0 Å². The summed E-state index contributed by atoms with van der Waals surface area (Å²) in [5.41, 5.74) is 0.276. The summed E-state index contributed by atoms with van der Waals surface area (Å²) in [5, 5.41) is 12.4. The topological polar surface area (TPSA) is 71.3 Å². The van der Waals surface area contributed by atoms with Gasteiger partial charge in [0.25, 0.3) is 5.91 Å². The van der Waals surface area contributed by atoms with Crippen LogP contribution >= 0.6 is 0 Å². The molecular formula is C22H32N2O3. The van der Waals surface area contributed by atoms with Crippen molar-refractivity contribution in [3.05, 3.63) is 23.8 Å². The lowest BCUT2D eigenvalue weighted by molar-refractivity contribution is -0.148. The van der Waals surface area contributed by atoms with Crippen molar-refractivity contribution >= 4 is 11.6 Å². The van der Waals surface area contributed by atoms with Gasteiger partial charge in [-0.05, 0) is 56.2 Å². The van der Waals surface area contributed by atoms with Crippen LogP contribution in [0.5, 0.6) is 5.75 Å².